The molecule has 0 heterocycles. The second-order valence-corrected chi connectivity index (χ2v) is 6.49. The highest BCUT2D eigenvalue weighted by Crippen LogP contribution is 2.28. The van der Waals surface area contributed by atoms with Gasteiger partial charge in [-0.05, 0) is 35.8 Å². The number of hydrogen-bond acceptors (Lipinski definition) is 1. The largest absolute Gasteiger partial charge is 0.393 e. The van der Waals surface area contributed by atoms with Gasteiger partial charge < -0.3 is 5.11 Å². The van der Waals surface area contributed by atoms with E-state index in [0.717, 1.165) is 18.8 Å². The van der Waals surface area contributed by atoms with E-state index in [1.54, 1.807) is 0 Å². The van der Waals surface area contributed by atoms with Crippen molar-refractivity contribution in [1.82, 2.24) is 0 Å². The molecule has 1 aliphatic carbocycles. The third-order valence-corrected chi connectivity index (χ3v) is 4.45. The van der Waals surface area contributed by atoms with Crippen LogP contribution in [-0.4, -0.2) is 11.2 Å². The molecule has 0 spiro atoms. The maximum atomic E-state index is 10.2. The number of hydrogen-bond donors (Lipinski definition) is 1. The summed E-state index contributed by atoms with van der Waals surface area (Å²) >= 11 is 0. The molecule has 1 unspecified atom stereocenters. The molecule has 1 aliphatic rings. The third-order valence-electron chi connectivity index (χ3n) is 4.45. The molecule has 1 aromatic carbocycles. The van der Waals surface area contributed by atoms with E-state index in [-0.39, 0.29) is 6.10 Å². The van der Waals surface area contributed by atoms with Crippen molar-refractivity contribution in [3.8, 4) is 0 Å². The van der Waals surface area contributed by atoms with Crippen LogP contribution >= 0.6 is 0 Å². The van der Waals surface area contributed by atoms with Crippen molar-refractivity contribution in [3.63, 3.8) is 0 Å². The van der Waals surface area contributed by atoms with E-state index in [2.05, 4.69) is 38.1 Å². The summed E-state index contributed by atoms with van der Waals surface area (Å²) in [5, 5.41) is 10.2. The van der Waals surface area contributed by atoms with Gasteiger partial charge in [-0.25, -0.2) is 0 Å². The van der Waals surface area contributed by atoms with E-state index in [9.17, 15) is 5.11 Å². The van der Waals surface area contributed by atoms with E-state index in [0.29, 0.717) is 5.92 Å². The standard InChI is InChI=1S/C18H28O/c1-14(2)17-10-8-16(9-11-17)13-18(19)12-15-6-4-3-5-7-15/h8-11,14-15,18-19H,3-7,12-13H2,1-2H3. The lowest BCUT2D eigenvalue weighted by molar-refractivity contribution is 0.130. The van der Waals surface area contributed by atoms with Gasteiger partial charge in [0.05, 0.1) is 6.10 Å². The first-order valence-electron chi connectivity index (χ1n) is 7.92. The van der Waals surface area contributed by atoms with Crippen LogP contribution in [0.25, 0.3) is 0 Å². The maximum absolute atomic E-state index is 10.2. The highest BCUT2D eigenvalue weighted by molar-refractivity contribution is 5.25. The van der Waals surface area contributed by atoms with Crippen LogP contribution in [-0.2, 0) is 6.42 Å². The van der Waals surface area contributed by atoms with Crippen LogP contribution in [0.3, 0.4) is 0 Å². The quantitative estimate of drug-likeness (QED) is 0.814. The fourth-order valence-corrected chi connectivity index (χ4v) is 3.20. The normalized spacial score (nSPS) is 18.7. The Bertz CT molecular complexity index is 360. The number of aliphatic hydroxyl groups is 1. The van der Waals surface area contributed by atoms with Gasteiger partial charge in [-0.2, -0.15) is 0 Å². The van der Waals surface area contributed by atoms with Gasteiger partial charge in [-0.1, -0.05) is 70.2 Å². The smallest absolute Gasteiger partial charge is 0.0583 e. The minimum Gasteiger partial charge on any atom is -0.393 e. The van der Waals surface area contributed by atoms with Crippen molar-refractivity contribution >= 4 is 0 Å². The molecule has 0 radical (unpaired) electrons. The Hall–Kier alpha value is -0.820. The molecule has 106 valence electrons. The Balaban J connectivity index is 1.82. The van der Waals surface area contributed by atoms with Gasteiger partial charge in [0.2, 0.25) is 0 Å². The monoisotopic (exact) mass is 260 g/mol. The van der Waals surface area contributed by atoms with Crippen LogP contribution in [0.4, 0.5) is 0 Å². The highest BCUT2D eigenvalue weighted by Gasteiger charge is 2.17. The van der Waals surface area contributed by atoms with Crippen LogP contribution in [0.15, 0.2) is 24.3 Å². The van der Waals surface area contributed by atoms with Crippen LogP contribution < -0.4 is 0 Å². The summed E-state index contributed by atoms with van der Waals surface area (Å²) in [6, 6.07) is 8.76. The first kappa shape index (κ1) is 14.6. The fourth-order valence-electron chi connectivity index (χ4n) is 3.20. The zero-order valence-corrected chi connectivity index (χ0v) is 12.4. The van der Waals surface area contributed by atoms with Crippen molar-refractivity contribution in [2.24, 2.45) is 5.92 Å². The maximum Gasteiger partial charge on any atom is 0.0583 e. The van der Waals surface area contributed by atoms with Gasteiger partial charge in [-0.3, -0.25) is 0 Å². The molecule has 1 N–H and O–H groups in total. The number of benzene rings is 1. The van der Waals surface area contributed by atoms with Crippen LogP contribution in [0.2, 0.25) is 0 Å². The second kappa shape index (κ2) is 7.09. The minimum atomic E-state index is -0.159. The number of aliphatic hydroxyl groups excluding tert-OH is 1. The van der Waals surface area contributed by atoms with Crippen molar-refractivity contribution in [2.45, 2.75) is 70.8 Å². The molecule has 2 rings (SSSR count). The second-order valence-electron chi connectivity index (χ2n) is 6.49. The van der Waals surface area contributed by atoms with E-state index in [4.69, 9.17) is 0 Å². The van der Waals surface area contributed by atoms with Crippen molar-refractivity contribution in [1.29, 1.82) is 0 Å². The molecule has 1 nitrogen and oxygen atoms in total. The van der Waals surface area contributed by atoms with E-state index in [1.807, 2.05) is 0 Å². The molecule has 1 heteroatoms. The first-order chi connectivity index (χ1) is 9.15. The summed E-state index contributed by atoms with van der Waals surface area (Å²) in [5.41, 5.74) is 2.65. The molecule has 0 amide bonds. The Kier molecular flexibility index (Phi) is 5.45. The zero-order chi connectivity index (χ0) is 13.7. The summed E-state index contributed by atoms with van der Waals surface area (Å²) in [5.74, 6) is 1.35. The average molecular weight is 260 g/mol. The van der Waals surface area contributed by atoms with Crippen LogP contribution in [0.5, 0.6) is 0 Å². The van der Waals surface area contributed by atoms with Gasteiger partial charge in [-0.15, -0.1) is 0 Å². The Morgan fingerprint density at radius 2 is 1.68 bits per heavy atom. The van der Waals surface area contributed by atoms with Gasteiger partial charge in [0.25, 0.3) is 0 Å². The Morgan fingerprint density at radius 3 is 2.26 bits per heavy atom. The first-order valence-corrected chi connectivity index (χ1v) is 7.92. The highest BCUT2D eigenvalue weighted by atomic mass is 16.3. The lowest BCUT2D eigenvalue weighted by atomic mass is 9.84. The lowest BCUT2D eigenvalue weighted by Crippen LogP contribution is -2.18. The van der Waals surface area contributed by atoms with Crippen molar-refractivity contribution in [2.75, 3.05) is 0 Å². The minimum absolute atomic E-state index is 0.159. The Morgan fingerprint density at radius 1 is 1.05 bits per heavy atom. The van der Waals surface area contributed by atoms with Gasteiger partial charge >= 0.3 is 0 Å². The molecule has 0 bridgehead atoms. The van der Waals surface area contributed by atoms with Crippen LogP contribution in [0, 0.1) is 5.92 Å². The Labute approximate surface area is 118 Å². The zero-order valence-electron chi connectivity index (χ0n) is 12.4. The predicted molar refractivity (Wildman–Crippen MR) is 81.4 cm³/mol. The molecular weight excluding hydrogens is 232 g/mol. The molecule has 0 saturated heterocycles. The molecule has 1 aromatic rings. The summed E-state index contributed by atoms with van der Waals surface area (Å²) < 4.78 is 0. The summed E-state index contributed by atoms with van der Waals surface area (Å²) in [7, 11) is 0. The molecule has 1 fully saturated rings. The van der Waals surface area contributed by atoms with Crippen molar-refractivity contribution in [3.05, 3.63) is 35.4 Å². The lowest BCUT2D eigenvalue weighted by Gasteiger charge is -2.24. The third kappa shape index (κ3) is 4.65. The summed E-state index contributed by atoms with van der Waals surface area (Å²) in [4.78, 5) is 0. The SMILES string of the molecule is CC(C)c1ccc(CC(O)CC2CCCCC2)cc1. The van der Waals surface area contributed by atoms with E-state index >= 15 is 0 Å². The van der Waals surface area contributed by atoms with E-state index < -0.39 is 0 Å². The fraction of sp³-hybridized carbons (Fsp3) is 0.667. The topological polar surface area (TPSA) is 20.2 Å². The average Bonchev–Trinajstić information content (AvgIpc) is 2.40. The number of rotatable bonds is 5. The van der Waals surface area contributed by atoms with Gasteiger partial charge in [0.15, 0.2) is 0 Å². The van der Waals surface area contributed by atoms with Gasteiger partial charge in [0, 0.05) is 0 Å². The van der Waals surface area contributed by atoms with Crippen molar-refractivity contribution < 1.29 is 5.11 Å². The molecule has 1 atom stereocenters. The summed E-state index contributed by atoms with van der Waals surface area (Å²) in [6.07, 6.45) is 8.41. The predicted octanol–water partition coefficient (Wildman–Crippen LogP) is 4.68. The van der Waals surface area contributed by atoms with E-state index in [1.165, 1.54) is 43.2 Å². The molecular formula is C18H28O. The molecule has 1 saturated carbocycles. The molecule has 19 heavy (non-hydrogen) atoms. The van der Waals surface area contributed by atoms with Gasteiger partial charge in [0.1, 0.15) is 0 Å². The molecule has 0 aromatic heterocycles. The van der Waals surface area contributed by atoms with Crippen LogP contribution in [0.1, 0.15) is 69.4 Å². The molecule has 0 aliphatic heterocycles. The summed E-state index contributed by atoms with van der Waals surface area (Å²) in [6.45, 7) is 4.43.